The summed E-state index contributed by atoms with van der Waals surface area (Å²) in [5.41, 5.74) is 0.654. The van der Waals surface area contributed by atoms with Crippen LogP contribution in [0.1, 0.15) is 89.9 Å². The smallest absolute Gasteiger partial charge is 0.302 e. The highest BCUT2D eigenvalue weighted by Gasteiger charge is 2.37. The number of hydrogen-bond acceptors (Lipinski definition) is 6. The van der Waals surface area contributed by atoms with E-state index < -0.39 is 23.6 Å². The summed E-state index contributed by atoms with van der Waals surface area (Å²) < 4.78 is 10.2. The average molecular weight is 450 g/mol. The summed E-state index contributed by atoms with van der Waals surface area (Å²) >= 11 is 0. The first-order chi connectivity index (χ1) is 15.2. The quantitative estimate of drug-likeness (QED) is 0.310. The van der Waals surface area contributed by atoms with E-state index in [9.17, 15) is 19.5 Å². The Morgan fingerprint density at radius 2 is 1.44 bits per heavy atom. The largest absolute Gasteiger partial charge is 0.463 e. The highest BCUT2D eigenvalue weighted by atomic mass is 16.5. The number of aliphatic hydroxyl groups excluding tert-OH is 1. The van der Waals surface area contributed by atoms with Crippen LogP contribution in [0.5, 0.6) is 0 Å². The Morgan fingerprint density at radius 3 is 1.94 bits per heavy atom. The molecule has 0 aliphatic rings. The van der Waals surface area contributed by atoms with Crippen LogP contribution in [0.3, 0.4) is 0 Å². The molecule has 0 heterocycles. The van der Waals surface area contributed by atoms with E-state index in [0.717, 1.165) is 12.8 Å². The van der Waals surface area contributed by atoms with Crippen LogP contribution < -0.4 is 5.32 Å². The number of carbonyl (C=O) groups is 3. The first-order valence-corrected chi connectivity index (χ1v) is 11.5. The van der Waals surface area contributed by atoms with Crippen molar-refractivity contribution < 1.29 is 29.0 Å². The minimum absolute atomic E-state index is 0.0178. The van der Waals surface area contributed by atoms with Gasteiger partial charge in [-0.15, -0.1) is 0 Å². The summed E-state index contributed by atoms with van der Waals surface area (Å²) in [5.74, 6) is -1.45. The van der Waals surface area contributed by atoms with E-state index in [4.69, 9.17) is 9.47 Å². The van der Waals surface area contributed by atoms with Crippen molar-refractivity contribution in [2.24, 2.45) is 0 Å². The number of esters is 2. The van der Waals surface area contributed by atoms with Gasteiger partial charge in [-0.05, 0) is 24.0 Å². The van der Waals surface area contributed by atoms with E-state index >= 15 is 0 Å². The second-order valence-corrected chi connectivity index (χ2v) is 8.50. The number of carbonyl (C=O) groups excluding carboxylic acids is 3. The molecule has 7 nitrogen and oxygen atoms in total. The van der Waals surface area contributed by atoms with Gasteiger partial charge in [0, 0.05) is 27.2 Å². The molecule has 0 spiro atoms. The Balaban J connectivity index is 2.81. The molecule has 1 unspecified atom stereocenters. The molecule has 180 valence electrons. The van der Waals surface area contributed by atoms with Crippen LogP contribution in [-0.4, -0.2) is 41.7 Å². The zero-order chi connectivity index (χ0) is 24.0. The van der Waals surface area contributed by atoms with Gasteiger partial charge in [-0.1, -0.05) is 63.3 Å². The molecular weight excluding hydrogens is 410 g/mol. The molecule has 0 fully saturated rings. The zero-order valence-corrected chi connectivity index (χ0v) is 19.9. The fourth-order valence-corrected chi connectivity index (χ4v) is 3.64. The Morgan fingerprint density at radius 1 is 0.906 bits per heavy atom. The molecule has 1 aromatic rings. The Labute approximate surface area is 191 Å². The van der Waals surface area contributed by atoms with Gasteiger partial charge in [0.2, 0.25) is 5.91 Å². The van der Waals surface area contributed by atoms with Crippen LogP contribution in [0.4, 0.5) is 0 Å². The van der Waals surface area contributed by atoms with Crippen LogP contribution >= 0.6 is 0 Å². The summed E-state index contributed by atoms with van der Waals surface area (Å²) in [6.45, 7) is 5.60. The summed E-state index contributed by atoms with van der Waals surface area (Å²) in [6, 6.07) is 7.74. The lowest BCUT2D eigenvalue weighted by molar-refractivity contribution is -0.151. The standard InChI is InChI=1S/C25H39NO6/c1-5-6-7-8-9-10-11-22-12-14-23(15-13-22)24(30)16-25(26-19(2)27,17-31-20(3)28)18-32-21(4)29/h12-15,24,30H,5-11,16-18H2,1-4H3,(H,26,27). The third kappa shape index (κ3) is 11.3. The van der Waals surface area contributed by atoms with Crippen LogP contribution in [0.15, 0.2) is 24.3 Å². The maximum atomic E-state index is 11.8. The van der Waals surface area contributed by atoms with E-state index in [1.165, 1.54) is 58.4 Å². The number of aryl methyl sites for hydroxylation is 1. The maximum absolute atomic E-state index is 11.8. The summed E-state index contributed by atoms with van der Waals surface area (Å²) in [4.78, 5) is 34.5. The van der Waals surface area contributed by atoms with Crippen molar-refractivity contribution in [3.8, 4) is 0 Å². The van der Waals surface area contributed by atoms with E-state index in [1.807, 2.05) is 24.3 Å². The van der Waals surface area contributed by atoms with Crippen molar-refractivity contribution in [2.45, 2.75) is 90.7 Å². The SMILES string of the molecule is CCCCCCCCc1ccc(C(O)CC(COC(C)=O)(COC(C)=O)NC(C)=O)cc1. The molecule has 1 atom stereocenters. The second-order valence-electron chi connectivity index (χ2n) is 8.50. The number of amides is 1. The zero-order valence-electron chi connectivity index (χ0n) is 19.9. The Bertz CT molecular complexity index is 698. The van der Waals surface area contributed by atoms with Gasteiger partial charge >= 0.3 is 11.9 Å². The molecule has 0 saturated heterocycles. The van der Waals surface area contributed by atoms with Gasteiger partial charge in [0.15, 0.2) is 0 Å². The van der Waals surface area contributed by atoms with Gasteiger partial charge in [0.25, 0.3) is 0 Å². The third-order valence-corrected chi connectivity index (χ3v) is 5.31. The molecule has 0 aromatic heterocycles. The molecule has 0 aliphatic carbocycles. The number of benzene rings is 1. The molecule has 7 heteroatoms. The molecule has 1 aromatic carbocycles. The number of rotatable bonds is 15. The van der Waals surface area contributed by atoms with Gasteiger partial charge < -0.3 is 19.9 Å². The first kappa shape index (κ1) is 27.6. The van der Waals surface area contributed by atoms with Crippen molar-refractivity contribution in [1.82, 2.24) is 5.32 Å². The van der Waals surface area contributed by atoms with Crippen LogP contribution in [0.2, 0.25) is 0 Å². The molecule has 1 amide bonds. The summed E-state index contributed by atoms with van der Waals surface area (Å²) in [6.07, 6.45) is 7.52. The van der Waals surface area contributed by atoms with Gasteiger partial charge in [-0.2, -0.15) is 0 Å². The normalized spacial score (nSPS) is 12.2. The van der Waals surface area contributed by atoms with Crippen molar-refractivity contribution in [1.29, 1.82) is 0 Å². The number of nitrogens with one attached hydrogen (secondary N) is 1. The van der Waals surface area contributed by atoms with E-state index in [1.54, 1.807) is 0 Å². The number of ether oxygens (including phenoxy) is 2. The number of hydrogen-bond donors (Lipinski definition) is 2. The number of unbranched alkanes of at least 4 members (excludes halogenated alkanes) is 5. The van der Waals surface area contributed by atoms with E-state index in [2.05, 4.69) is 12.2 Å². The maximum Gasteiger partial charge on any atom is 0.302 e. The number of aliphatic hydroxyl groups is 1. The highest BCUT2D eigenvalue weighted by Crippen LogP contribution is 2.26. The lowest BCUT2D eigenvalue weighted by Gasteiger charge is -2.35. The molecule has 1 rings (SSSR count). The van der Waals surface area contributed by atoms with Gasteiger partial charge in [0.1, 0.15) is 18.8 Å². The third-order valence-electron chi connectivity index (χ3n) is 5.31. The van der Waals surface area contributed by atoms with Crippen molar-refractivity contribution in [2.75, 3.05) is 13.2 Å². The van der Waals surface area contributed by atoms with Crippen LogP contribution in [0.25, 0.3) is 0 Å². The predicted octanol–water partition coefficient (Wildman–Crippen LogP) is 4.01. The van der Waals surface area contributed by atoms with Crippen LogP contribution in [-0.2, 0) is 30.3 Å². The summed E-state index contributed by atoms with van der Waals surface area (Å²) in [5, 5.41) is 13.6. The van der Waals surface area contributed by atoms with E-state index in [-0.39, 0.29) is 25.5 Å². The van der Waals surface area contributed by atoms with Gasteiger partial charge in [0.05, 0.1) is 6.10 Å². The lowest BCUT2D eigenvalue weighted by Crippen LogP contribution is -2.56. The molecule has 2 N–H and O–H groups in total. The minimum Gasteiger partial charge on any atom is -0.463 e. The fraction of sp³-hybridized carbons (Fsp3) is 0.640. The van der Waals surface area contributed by atoms with Crippen molar-refractivity contribution in [3.05, 3.63) is 35.4 Å². The first-order valence-electron chi connectivity index (χ1n) is 11.5. The molecule has 0 saturated carbocycles. The molecular formula is C25H39NO6. The highest BCUT2D eigenvalue weighted by molar-refractivity contribution is 5.74. The van der Waals surface area contributed by atoms with E-state index in [0.29, 0.717) is 5.56 Å². The average Bonchev–Trinajstić information content (AvgIpc) is 2.73. The fourth-order valence-electron chi connectivity index (χ4n) is 3.64. The van der Waals surface area contributed by atoms with Crippen molar-refractivity contribution >= 4 is 17.8 Å². The monoisotopic (exact) mass is 449 g/mol. The Hall–Kier alpha value is -2.41. The second kappa shape index (κ2) is 14.6. The molecule has 32 heavy (non-hydrogen) atoms. The minimum atomic E-state index is -1.24. The Kier molecular flexibility index (Phi) is 12.6. The lowest BCUT2D eigenvalue weighted by atomic mass is 9.89. The van der Waals surface area contributed by atoms with Crippen LogP contribution in [0, 0.1) is 0 Å². The molecule has 0 radical (unpaired) electrons. The topological polar surface area (TPSA) is 102 Å². The van der Waals surface area contributed by atoms with Gasteiger partial charge in [-0.25, -0.2) is 0 Å². The predicted molar refractivity (Wildman–Crippen MR) is 123 cm³/mol. The van der Waals surface area contributed by atoms with Crippen molar-refractivity contribution in [3.63, 3.8) is 0 Å². The molecule has 0 bridgehead atoms. The molecule has 0 aliphatic heterocycles. The summed E-state index contributed by atoms with van der Waals surface area (Å²) in [7, 11) is 0. The van der Waals surface area contributed by atoms with Gasteiger partial charge in [-0.3, -0.25) is 14.4 Å².